The van der Waals surface area contributed by atoms with E-state index in [4.69, 9.17) is 4.74 Å². The summed E-state index contributed by atoms with van der Waals surface area (Å²) in [6, 6.07) is 15.2. The molecule has 1 amide bonds. The highest BCUT2D eigenvalue weighted by Gasteiger charge is 2.20. The molecule has 35 heavy (non-hydrogen) atoms. The van der Waals surface area contributed by atoms with E-state index in [1.165, 1.54) is 28.4 Å². The Hall–Kier alpha value is -3.92. The van der Waals surface area contributed by atoms with Crippen LogP contribution < -0.4 is 5.32 Å². The molecule has 0 aliphatic carbocycles. The van der Waals surface area contributed by atoms with Crippen molar-refractivity contribution in [2.75, 3.05) is 6.54 Å². The Morgan fingerprint density at radius 1 is 1.11 bits per heavy atom. The predicted molar refractivity (Wildman–Crippen MR) is 130 cm³/mol. The number of rotatable bonds is 7. The first kappa shape index (κ1) is 24.2. The minimum absolute atomic E-state index is 0.270. The van der Waals surface area contributed by atoms with E-state index in [0.29, 0.717) is 28.1 Å². The summed E-state index contributed by atoms with van der Waals surface area (Å²) in [6.45, 7) is 5.70. The van der Waals surface area contributed by atoms with Crippen LogP contribution in [0.15, 0.2) is 60.9 Å². The van der Waals surface area contributed by atoms with Crippen LogP contribution in [0.5, 0.6) is 0 Å². The van der Waals surface area contributed by atoms with Crippen molar-refractivity contribution in [3.63, 3.8) is 0 Å². The first-order valence-electron chi connectivity index (χ1n) is 10.9. The predicted octanol–water partition coefficient (Wildman–Crippen LogP) is 4.46. The van der Waals surface area contributed by atoms with Gasteiger partial charge >= 0.3 is 5.97 Å². The largest absolute Gasteiger partial charge is 0.456 e. The fraction of sp³-hybridized carbons (Fsp3) is 0.240. The summed E-state index contributed by atoms with van der Waals surface area (Å²) in [6.07, 6.45) is 1.79. The number of aromatic nitrogens is 4. The summed E-state index contributed by atoms with van der Waals surface area (Å²) >= 11 is 1.27. The minimum atomic E-state index is -0.602. The maximum absolute atomic E-state index is 13.9. The number of benzene rings is 2. The topological polar surface area (TPSA) is 99.0 Å². The standard InChI is InChI=1S/C25H24FN5O3S/c1-25(2,3)34-24(33)22-9-8-21(35-22)17-12-18(14-19(13-17)31-15-28-29-30-31)23(32)27-11-10-16-6-4-5-7-20(16)26/h4-9,12-15H,10-11H2,1-3H3,(H,27,32). The van der Waals surface area contributed by atoms with Crippen molar-refractivity contribution >= 4 is 23.2 Å². The van der Waals surface area contributed by atoms with Crippen LogP contribution in [0.4, 0.5) is 4.39 Å². The maximum atomic E-state index is 13.9. The van der Waals surface area contributed by atoms with Gasteiger partial charge in [-0.15, -0.1) is 16.4 Å². The first-order valence-corrected chi connectivity index (χ1v) is 11.7. The summed E-state index contributed by atoms with van der Waals surface area (Å²) in [4.78, 5) is 26.7. The number of halogens is 1. The Labute approximate surface area is 205 Å². The van der Waals surface area contributed by atoms with Gasteiger partial charge < -0.3 is 10.1 Å². The van der Waals surface area contributed by atoms with Crippen LogP contribution >= 0.6 is 11.3 Å². The van der Waals surface area contributed by atoms with Crippen LogP contribution in [-0.2, 0) is 11.2 Å². The number of ether oxygens (including phenoxy) is 1. The Balaban J connectivity index is 1.58. The summed E-state index contributed by atoms with van der Waals surface area (Å²) in [7, 11) is 0. The molecule has 8 nitrogen and oxygen atoms in total. The summed E-state index contributed by atoms with van der Waals surface area (Å²) in [5, 5.41) is 14.1. The van der Waals surface area contributed by atoms with Crippen molar-refractivity contribution in [3.05, 3.63) is 82.7 Å². The van der Waals surface area contributed by atoms with Crippen LogP contribution in [0.3, 0.4) is 0 Å². The molecule has 0 fully saturated rings. The van der Waals surface area contributed by atoms with E-state index in [1.807, 2.05) is 32.9 Å². The van der Waals surface area contributed by atoms with Gasteiger partial charge in [0.25, 0.3) is 5.91 Å². The molecule has 4 rings (SSSR count). The van der Waals surface area contributed by atoms with Crippen molar-refractivity contribution in [3.8, 4) is 16.1 Å². The van der Waals surface area contributed by atoms with E-state index in [-0.39, 0.29) is 18.3 Å². The average molecular weight is 494 g/mol. The second-order valence-corrected chi connectivity index (χ2v) is 9.87. The number of nitrogens with zero attached hydrogens (tertiary/aromatic N) is 4. The quantitative estimate of drug-likeness (QED) is 0.382. The van der Waals surface area contributed by atoms with Gasteiger partial charge in [0.05, 0.1) is 5.69 Å². The number of thiophene rings is 1. The summed E-state index contributed by atoms with van der Waals surface area (Å²) < 4.78 is 20.8. The van der Waals surface area contributed by atoms with Crippen molar-refractivity contribution in [1.29, 1.82) is 0 Å². The van der Waals surface area contributed by atoms with Crippen LogP contribution in [0.2, 0.25) is 0 Å². The molecule has 0 bridgehead atoms. The zero-order chi connectivity index (χ0) is 25.0. The molecule has 4 aromatic rings. The zero-order valence-corrected chi connectivity index (χ0v) is 20.3. The molecule has 0 saturated heterocycles. The molecule has 2 heterocycles. The Bertz CT molecular complexity index is 1350. The average Bonchev–Trinajstić information content (AvgIpc) is 3.52. The normalized spacial score (nSPS) is 11.3. The van der Waals surface area contributed by atoms with E-state index in [9.17, 15) is 14.0 Å². The molecular weight excluding hydrogens is 469 g/mol. The highest BCUT2D eigenvalue weighted by atomic mass is 32.1. The third-order valence-corrected chi connectivity index (χ3v) is 6.04. The van der Waals surface area contributed by atoms with Crippen LogP contribution in [-0.4, -0.2) is 44.2 Å². The van der Waals surface area contributed by atoms with Gasteiger partial charge in [0.2, 0.25) is 0 Å². The van der Waals surface area contributed by atoms with Gasteiger partial charge in [-0.05, 0) is 85.1 Å². The smallest absolute Gasteiger partial charge is 0.348 e. The molecule has 1 N–H and O–H groups in total. The second-order valence-electron chi connectivity index (χ2n) is 8.79. The van der Waals surface area contributed by atoms with Gasteiger partial charge in [-0.3, -0.25) is 4.79 Å². The van der Waals surface area contributed by atoms with E-state index in [0.717, 1.165) is 10.4 Å². The summed E-state index contributed by atoms with van der Waals surface area (Å²) in [5.74, 6) is -1.03. The Morgan fingerprint density at radius 2 is 1.91 bits per heavy atom. The monoisotopic (exact) mass is 493 g/mol. The van der Waals surface area contributed by atoms with Crippen LogP contribution in [0.25, 0.3) is 16.1 Å². The highest BCUT2D eigenvalue weighted by molar-refractivity contribution is 7.17. The molecule has 0 radical (unpaired) electrons. The molecule has 0 aliphatic rings. The van der Waals surface area contributed by atoms with E-state index in [2.05, 4.69) is 20.8 Å². The van der Waals surface area contributed by atoms with Gasteiger partial charge in [-0.25, -0.2) is 13.9 Å². The number of tetrazole rings is 1. The molecule has 0 atom stereocenters. The van der Waals surface area contributed by atoms with Crippen LogP contribution in [0, 0.1) is 5.82 Å². The lowest BCUT2D eigenvalue weighted by atomic mass is 10.1. The van der Waals surface area contributed by atoms with Gasteiger partial charge in [0.15, 0.2) is 0 Å². The minimum Gasteiger partial charge on any atom is -0.456 e. The zero-order valence-electron chi connectivity index (χ0n) is 19.5. The first-order chi connectivity index (χ1) is 16.7. The number of carbonyl (C=O) groups excluding carboxylic acids is 2. The molecule has 180 valence electrons. The van der Waals surface area contributed by atoms with Gasteiger partial charge in [0, 0.05) is 17.0 Å². The second kappa shape index (κ2) is 10.1. The molecular formula is C25H24FN5O3S. The van der Waals surface area contributed by atoms with Crippen molar-refractivity contribution in [2.24, 2.45) is 0 Å². The number of amides is 1. The molecule has 0 saturated carbocycles. The number of hydrogen-bond donors (Lipinski definition) is 1. The fourth-order valence-electron chi connectivity index (χ4n) is 3.34. The lowest BCUT2D eigenvalue weighted by molar-refractivity contribution is 0.00751. The third-order valence-electron chi connectivity index (χ3n) is 4.92. The number of esters is 1. The third kappa shape index (κ3) is 6.15. The van der Waals surface area contributed by atoms with Gasteiger partial charge in [-0.1, -0.05) is 18.2 Å². The Morgan fingerprint density at radius 3 is 2.63 bits per heavy atom. The fourth-order valence-corrected chi connectivity index (χ4v) is 4.21. The van der Waals surface area contributed by atoms with Gasteiger partial charge in [0.1, 0.15) is 22.6 Å². The number of hydrogen-bond acceptors (Lipinski definition) is 7. The molecule has 0 aliphatic heterocycles. The highest BCUT2D eigenvalue weighted by Crippen LogP contribution is 2.31. The van der Waals surface area contributed by atoms with E-state index < -0.39 is 11.6 Å². The van der Waals surface area contributed by atoms with E-state index in [1.54, 1.807) is 36.4 Å². The molecule has 10 heteroatoms. The number of carbonyl (C=O) groups is 2. The van der Waals surface area contributed by atoms with Crippen LogP contribution in [0.1, 0.15) is 46.4 Å². The van der Waals surface area contributed by atoms with Gasteiger partial charge in [-0.2, -0.15) is 0 Å². The van der Waals surface area contributed by atoms with Crippen molar-refractivity contribution in [1.82, 2.24) is 25.5 Å². The van der Waals surface area contributed by atoms with Crippen molar-refractivity contribution in [2.45, 2.75) is 32.8 Å². The molecule has 0 spiro atoms. The SMILES string of the molecule is CC(C)(C)OC(=O)c1ccc(-c2cc(C(=O)NCCc3ccccc3F)cc(-n3cnnn3)c2)s1. The molecule has 2 aromatic heterocycles. The Kier molecular flexibility index (Phi) is 7.02. The lowest BCUT2D eigenvalue weighted by Gasteiger charge is -2.18. The lowest BCUT2D eigenvalue weighted by Crippen LogP contribution is -2.26. The van der Waals surface area contributed by atoms with E-state index >= 15 is 0 Å². The number of nitrogens with one attached hydrogen (secondary N) is 1. The van der Waals surface area contributed by atoms with Crippen molar-refractivity contribution < 1.29 is 18.7 Å². The molecule has 0 unspecified atom stereocenters. The molecule has 2 aromatic carbocycles. The maximum Gasteiger partial charge on any atom is 0.348 e. The summed E-state index contributed by atoms with van der Waals surface area (Å²) in [5.41, 5.74) is 1.61.